The fourth-order valence-electron chi connectivity index (χ4n) is 4.01. The van der Waals surface area contributed by atoms with Gasteiger partial charge in [0.1, 0.15) is 5.75 Å². The average Bonchev–Trinajstić information content (AvgIpc) is 3.10. The number of urea groups is 1. The molecule has 3 aliphatic heterocycles. The zero-order chi connectivity index (χ0) is 17.1. The third kappa shape index (κ3) is 4.07. The molecule has 136 valence electrons. The number of anilines is 1. The van der Waals surface area contributed by atoms with E-state index in [0.29, 0.717) is 5.92 Å². The number of nitrogens with one attached hydrogen (secondary N) is 1. The van der Waals surface area contributed by atoms with Crippen LogP contribution in [0.25, 0.3) is 0 Å². The Hall–Kier alpha value is -1.79. The lowest BCUT2D eigenvalue weighted by Gasteiger charge is -2.36. The van der Waals surface area contributed by atoms with Crippen molar-refractivity contribution in [1.29, 1.82) is 0 Å². The monoisotopic (exact) mass is 345 g/mol. The molecule has 0 aliphatic carbocycles. The summed E-state index contributed by atoms with van der Waals surface area (Å²) in [5, 5.41) is 3.06. The third-order valence-electron chi connectivity index (χ3n) is 5.37. The highest BCUT2D eigenvalue weighted by Gasteiger charge is 2.26. The van der Waals surface area contributed by atoms with Crippen molar-refractivity contribution in [3.8, 4) is 5.75 Å². The summed E-state index contributed by atoms with van der Waals surface area (Å²) in [6, 6.07) is 5.94. The molecule has 1 N–H and O–H groups in total. The van der Waals surface area contributed by atoms with Crippen LogP contribution in [0.2, 0.25) is 0 Å². The number of hydrogen-bond acceptors (Lipinski definition) is 4. The SMILES string of the molecule is O=C(Nc1ccc2c(c1)CCO2)N1CCC[C@H](CN2CCOCC2)C1. The van der Waals surface area contributed by atoms with E-state index in [2.05, 4.69) is 10.2 Å². The van der Waals surface area contributed by atoms with Gasteiger partial charge in [0.15, 0.2) is 0 Å². The molecule has 0 aromatic heterocycles. The molecule has 0 spiro atoms. The highest BCUT2D eigenvalue weighted by Crippen LogP contribution is 2.28. The van der Waals surface area contributed by atoms with Crippen LogP contribution in [0, 0.1) is 5.92 Å². The molecule has 1 atom stereocenters. The Morgan fingerprint density at radius 3 is 2.96 bits per heavy atom. The summed E-state index contributed by atoms with van der Waals surface area (Å²) in [5.74, 6) is 1.51. The van der Waals surface area contributed by atoms with Gasteiger partial charge in [-0.2, -0.15) is 0 Å². The number of morpholine rings is 1. The zero-order valence-electron chi connectivity index (χ0n) is 14.7. The van der Waals surface area contributed by atoms with Crippen LogP contribution >= 0.6 is 0 Å². The van der Waals surface area contributed by atoms with Crippen LogP contribution in [0.3, 0.4) is 0 Å². The molecule has 0 radical (unpaired) electrons. The molecule has 2 saturated heterocycles. The first-order valence-electron chi connectivity index (χ1n) is 9.40. The second-order valence-corrected chi connectivity index (χ2v) is 7.22. The third-order valence-corrected chi connectivity index (χ3v) is 5.37. The minimum absolute atomic E-state index is 0.0190. The lowest BCUT2D eigenvalue weighted by molar-refractivity contribution is 0.0252. The highest BCUT2D eigenvalue weighted by atomic mass is 16.5. The van der Waals surface area contributed by atoms with Gasteiger partial charge < -0.3 is 19.7 Å². The van der Waals surface area contributed by atoms with Crippen LogP contribution in [0.1, 0.15) is 18.4 Å². The molecule has 0 bridgehead atoms. The Bertz CT molecular complexity index is 616. The second kappa shape index (κ2) is 7.62. The predicted molar refractivity (Wildman–Crippen MR) is 96.2 cm³/mol. The fraction of sp³-hybridized carbons (Fsp3) is 0.632. The van der Waals surface area contributed by atoms with Crippen molar-refractivity contribution in [2.24, 2.45) is 5.92 Å². The Balaban J connectivity index is 1.32. The number of benzene rings is 1. The molecule has 25 heavy (non-hydrogen) atoms. The van der Waals surface area contributed by atoms with Crippen molar-refractivity contribution < 1.29 is 14.3 Å². The molecule has 1 aromatic rings. The number of nitrogens with zero attached hydrogens (tertiary/aromatic N) is 2. The van der Waals surface area contributed by atoms with Gasteiger partial charge >= 0.3 is 6.03 Å². The number of carbonyl (C=O) groups excluding carboxylic acids is 1. The van der Waals surface area contributed by atoms with Gasteiger partial charge in [-0.15, -0.1) is 0 Å². The summed E-state index contributed by atoms with van der Waals surface area (Å²) >= 11 is 0. The van der Waals surface area contributed by atoms with E-state index in [-0.39, 0.29) is 6.03 Å². The van der Waals surface area contributed by atoms with Crippen LogP contribution in [-0.4, -0.2) is 68.4 Å². The smallest absolute Gasteiger partial charge is 0.321 e. The predicted octanol–water partition coefficient (Wildman–Crippen LogP) is 2.20. The van der Waals surface area contributed by atoms with Gasteiger partial charge in [-0.25, -0.2) is 4.79 Å². The molecule has 1 aromatic carbocycles. The Labute approximate surface area is 149 Å². The van der Waals surface area contributed by atoms with Crippen molar-refractivity contribution >= 4 is 11.7 Å². The molecule has 0 saturated carbocycles. The van der Waals surface area contributed by atoms with E-state index >= 15 is 0 Å². The van der Waals surface area contributed by atoms with Gasteiger partial charge in [0.2, 0.25) is 0 Å². The molecule has 6 heteroatoms. The van der Waals surface area contributed by atoms with Crippen molar-refractivity contribution in [2.75, 3.05) is 57.9 Å². The standard InChI is InChI=1S/C19H27N3O3/c23-19(20-17-3-4-18-16(12-17)5-9-25-18)22-6-1-2-15(14-22)13-21-7-10-24-11-8-21/h3-4,12,15H,1-2,5-11,13-14H2,(H,20,23)/t15-/m1/s1. The Morgan fingerprint density at radius 1 is 1.20 bits per heavy atom. The number of piperidine rings is 1. The molecular weight excluding hydrogens is 318 g/mol. The number of fused-ring (bicyclic) bond motifs is 1. The Morgan fingerprint density at radius 2 is 2.08 bits per heavy atom. The van der Waals surface area contributed by atoms with Crippen LogP contribution < -0.4 is 10.1 Å². The number of carbonyl (C=O) groups is 1. The molecule has 3 heterocycles. The summed E-state index contributed by atoms with van der Waals surface area (Å²) in [4.78, 5) is 17.1. The molecular formula is C19H27N3O3. The number of rotatable bonds is 3. The average molecular weight is 345 g/mol. The quantitative estimate of drug-likeness (QED) is 0.912. The van der Waals surface area contributed by atoms with Gasteiger partial charge in [-0.1, -0.05) is 0 Å². The van der Waals surface area contributed by atoms with E-state index in [4.69, 9.17) is 9.47 Å². The van der Waals surface area contributed by atoms with E-state index in [9.17, 15) is 4.79 Å². The van der Waals surface area contributed by atoms with Gasteiger partial charge in [0, 0.05) is 44.8 Å². The maximum Gasteiger partial charge on any atom is 0.321 e. The molecule has 2 amide bonds. The second-order valence-electron chi connectivity index (χ2n) is 7.22. The molecule has 6 nitrogen and oxygen atoms in total. The van der Waals surface area contributed by atoms with E-state index in [0.717, 1.165) is 76.8 Å². The van der Waals surface area contributed by atoms with E-state index in [1.54, 1.807) is 0 Å². The summed E-state index contributed by atoms with van der Waals surface area (Å²) in [6.45, 7) is 7.19. The van der Waals surface area contributed by atoms with Crippen molar-refractivity contribution in [2.45, 2.75) is 19.3 Å². The van der Waals surface area contributed by atoms with Crippen LogP contribution in [-0.2, 0) is 11.2 Å². The first kappa shape index (κ1) is 16.7. The fourth-order valence-corrected chi connectivity index (χ4v) is 4.01. The number of likely N-dealkylation sites (tertiary alicyclic amines) is 1. The minimum Gasteiger partial charge on any atom is -0.493 e. The minimum atomic E-state index is 0.0190. The maximum atomic E-state index is 12.7. The molecule has 3 aliphatic rings. The highest BCUT2D eigenvalue weighted by molar-refractivity contribution is 5.89. The molecule has 2 fully saturated rings. The molecule has 0 unspecified atom stereocenters. The van der Waals surface area contributed by atoms with Gasteiger partial charge in [0.05, 0.1) is 19.8 Å². The number of ether oxygens (including phenoxy) is 2. The summed E-state index contributed by atoms with van der Waals surface area (Å²) in [7, 11) is 0. The largest absolute Gasteiger partial charge is 0.493 e. The van der Waals surface area contributed by atoms with Crippen LogP contribution in [0.15, 0.2) is 18.2 Å². The topological polar surface area (TPSA) is 54.0 Å². The van der Waals surface area contributed by atoms with Crippen molar-refractivity contribution in [1.82, 2.24) is 9.80 Å². The molecule has 4 rings (SSSR count). The van der Waals surface area contributed by atoms with Gasteiger partial charge in [-0.05, 0) is 42.5 Å². The van der Waals surface area contributed by atoms with E-state index < -0.39 is 0 Å². The zero-order valence-corrected chi connectivity index (χ0v) is 14.7. The lowest BCUT2D eigenvalue weighted by atomic mass is 9.97. The normalized spacial score (nSPS) is 23.8. The lowest BCUT2D eigenvalue weighted by Crippen LogP contribution is -2.47. The first-order valence-corrected chi connectivity index (χ1v) is 9.40. The number of amides is 2. The maximum absolute atomic E-state index is 12.7. The van der Waals surface area contributed by atoms with E-state index in [1.165, 1.54) is 12.0 Å². The van der Waals surface area contributed by atoms with Gasteiger partial charge in [-0.3, -0.25) is 4.90 Å². The van der Waals surface area contributed by atoms with Crippen molar-refractivity contribution in [3.05, 3.63) is 23.8 Å². The van der Waals surface area contributed by atoms with Crippen LogP contribution in [0.4, 0.5) is 10.5 Å². The summed E-state index contributed by atoms with van der Waals surface area (Å²) in [6.07, 6.45) is 3.21. The summed E-state index contributed by atoms with van der Waals surface area (Å²) in [5.41, 5.74) is 2.05. The summed E-state index contributed by atoms with van der Waals surface area (Å²) < 4.78 is 10.9. The first-order chi connectivity index (χ1) is 12.3. The number of hydrogen-bond donors (Lipinski definition) is 1. The van der Waals surface area contributed by atoms with E-state index in [1.807, 2.05) is 23.1 Å². The van der Waals surface area contributed by atoms with Crippen LogP contribution in [0.5, 0.6) is 5.75 Å². The van der Waals surface area contributed by atoms with Gasteiger partial charge in [0.25, 0.3) is 0 Å². The Kier molecular flexibility index (Phi) is 5.08. The van der Waals surface area contributed by atoms with Crippen molar-refractivity contribution in [3.63, 3.8) is 0 Å².